The zero-order valence-corrected chi connectivity index (χ0v) is 6.58. The summed E-state index contributed by atoms with van der Waals surface area (Å²) in [5.74, 6) is 0. The van der Waals surface area contributed by atoms with Crippen molar-refractivity contribution in [2.75, 3.05) is 0 Å². The Morgan fingerprint density at radius 3 is 2.67 bits per heavy atom. The summed E-state index contributed by atoms with van der Waals surface area (Å²) in [7, 11) is 0. The van der Waals surface area contributed by atoms with E-state index in [1.165, 1.54) is 12.1 Å². The summed E-state index contributed by atoms with van der Waals surface area (Å²) in [6.45, 7) is 0. The Morgan fingerprint density at radius 1 is 1.58 bits per heavy atom. The minimum Gasteiger partial charge on any atom is -0.258 e. The molecule has 5 nitrogen and oxygen atoms in total. The maximum absolute atomic E-state index is 10.2. The molecule has 0 aromatic heterocycles. The third-order valence-corrected chi connectivity index (χ3v) is 1.57. The maximum atomic E-state index is 10.2. The maximum Gasteiger partial charge on any atom is 0.271 e. The Morgan fingerprint density at radius 2 is 2.25 bits per heavy atom. The molecule has 1 aromatic rings. The Hall–Kier alpha value is -1.49. The molecule has 0 aliphatic heterocycles. The summed E-state index contributed by atoms with van der Waals surface area (Å²) in [6.07, 6.45) is 0. The molecule has 1 rings (SSSR count). The van der Waals surface area contributed by atoms with E-state index in [4.69, 9.17) is 17.1 Å². The molecule has 0 amide bonds. The summed E-state index contributed by atoms with van der Waals surface area (Å²) in [4.78, 5) is 9.67. The van der Waals surface area contributed by atoms with Gasteiger partial charge in [-0.3, -0.25) is 10.1 Å². The standard InChI is InChI=1S/C6H4ClN3O2/c7-5-3-4(10(11)12)1-2-6(5)9-8/h1-3,8H. The molecule has 0 fully saturated rings. The average Bonchev–Trinajstić information content (AvgIpc) is 2.04. The van der Waals surface area contributed by atoms with E-state index in [-0.39, 0.29) is 16.4 Å². The predicted octanol–water partition coefficient (Wildman–Crippen LogP) is 2.91. The van der Waals surface area contributed by atoms with Crippen LogP contribution in [0.25, 0.3) is 0 Å². The van der Waals surface area contributed by atoms with Gasteiger partial charge in [-0.15, -0.1) is 0 Å². The number of nitro groups is 1. The molecule has 0 bridgehead atoms. The number of nitrogens with one attached hydrogen (secondary N) is 1. The summed E-state index contributed by atoms with van der Waals surface area (Å²) < 4.78 is 0. The fourth-order valence-corrected chi connectivity index (χ4v) is 0.917. The van der Waals surface area contributed by atoms with E-state index < -0.39 is 4.92 Å². The topological polar surface area (TPSA) is 79.3 Å². The van der Waals surface area contributed by atoms with Crippen molar-refractivity contribution in [3.63, 3.8) is 0 Å². The Balaban J connectivity index is 3.18. The highest BCUT2D eigenvalue weighted by Gasteiger charge is 2.08. The minimum absolute atomic E-state index is 0.104. The van der Waals surface area contributed by atoms with Gasteiger partial charge in [-0.25, -0.2) is 5.53 Å². The average molecular weight is 186 g/mol. The van der Waals surface area contributed by atoms with E-state index in [9.17, 15) is 10.1 Å². The molecule has 0 aliphatic rings. The van der Waals surface area contributed by atoms with E-state index >= 15 is 0 Å². The summed E-state index contributed by atoms with van der Waals surface area (Å²) in [6, 6.07) is 3.74. The number of nitro benzene ring substituents is 1. The van der Waals surface area contributed by atoms with Crippen molar-refractivity contribution in [2.24, 2.45) is 5.11 Å². The van der Waals surface area contributed by atoms with Gasteiger partial charge in [-0.05, 0) is 6.07 Å². The lowest BCUT2D eigenvalue weighted by Gasteiger charge is -1.94. The van der Waals surface area contributed by atoms with Gasteiger partial charge in [0.25, 0.3) is 5.69 Å². The molecular formula is C6H4ClN3O2. The van der Waals surface area contributed by atoms with E-state index in [0.29, 0.717) is 0 Å². The van der Waals surface area contributed by atoms with Gasteiger partial charge < -0.3 is 0 Å². The molecule has 0 heterocycles. The van der Waals surface area contributed by atoms with Gasteiger partial charge in [0.2, 0.25) is 0 Å². The van der Waals surface area contributed by atoms with Crippen LogP contribution in [0.15, 0.2) is 23.3 Å². The van der Waals surface area contributed by atoms with Crippen LogP contribution in [0.3, 0.4) is 0 Å². The lowest BCUT2D eigenvalue weighted by atomic mass is 10.3. The summed E-state index contributed by atoms with van der Waals surface area (Å²) in [5.41, 5.74) is 6.75. The quantitative estimate of drug-likeness (QED) is 0.437. The molecule has 0 saturated heterocycles. The van der Waals surface area contributed by atoms with Crippen LogP contribution >= 0.6 is 11.6 Å². The van der Waals surface area contributed by atoms with Gasteiger partial charge in [0, 0.05) is 12.1 Å². The van der Waals surface area contributed by atoms with Crippen molar-refractivity contribution >= 4 is 23.0 Å². The van der Waals surface area contributed by atoms with Gasteiger partial charge in [0.15, 0.2) is 0 Å². The molecule has 0 unspecified atom stereocenters. The first kappa shape index (κ1) is 8.61. The van der Waals surface area contributed by atoms with Crippen LogP contribution in [0.5, 0.6) is 0 Å². The fraction of sp³-hybridized carbons (Fsp3) is 0. The van der Waals surface area contributed by atoms with Crippen LogP contribution in [0, 0.1) is 15.6 Å². The van der Waals surface area contributed by atoms with E-state index in [1.54, 1.807) is 0 Å². The predicted molar refractivity (Wildman–Crippen MR) is 42.9 cm³/mol. The molecule has 1 N–H and O–H groups in total. The van der Waals surface area contributed by atoms with Crippen LogP contribution in [0.1, 0.15) is 0 Å². The number of hydrogen-bond acceptors (Lipinski definition) is 4. The van der Waals surface area contributed by atoms with Gasteiger partial charge in [0.1, 0.15) is 5.69 Å². The zero-order valence-electron chi connectivity index (χ0n) is 5.82. The third-order valence-electron chi connectivity index (χ3n) is 1.26. The molecule has 0 atom stereocenters. The van der Waals surface area contributed by atoms with Crippen molar-refractivity contribution < 1.29 is 4.92 Å². The van der Waals surface area contributed by atoms with Crippen LogP contribution in [0.2, 0.25) is 5.02 Å². The summed E-state index contributed by atoms with van der Waals surface area (Å²) >= 11 is 5.56. The van der Waals surface area contributed by atoms with E-state index in [0.717, 1.165) is 6.07 Å². The molecule has 12 heavy (non-hydrogen) atoms. The molecular weight excluding hydrogens is 182 g/mol. The first-order valence-corrected chi connectivity index (χ1v) is 3.34. The molecule has 0 aliphatic carbocycles. The summed E-state index contributed by atoms with van der Waals surface area (Å²) in [5, 5.41) is 13.4. The van der Waals surface area contributed by atoms with Crippen molar-refractivity contribution in [1.82, 2.24) is 0 Å². The van der Waals surface area contributed by atoms with Crippen molar-refractivity contribution in [1.29, 1.82) is 5.53 Å². The molecule has 0 saturated carbocycles. The van der Waals surface area contributed by atoms with Crippen LogP contribution in [0.4, 0.5) is 11.4 Å². The van der Waals surface area contributed by atoms with Gasteiger partial charge >= 0.3 is 0 Å². The van der Waals surface area contributed by atoms with Crippen LogP contribution < -0.4 is 0 Å². The lowest BCUT2D eigenvalue weighted by molar-refractivity contribution is -0.384. The Labute approximate surface area is 72.6 Å². The fourth-order valence-electron chi connectivity index (χ4n) is 0.700. The second-order valence-corrected chi connectivity index (χ2v) is 2.41. The highest BCUT2D eigenvalue weighted by molar-refractivity contribution is 6.33. The molecule has 62 valence electrons. The number of non-ortho nitro benzene ring substituents is 1. The second kappa shape index (κ2) is 3.27. The molecule has 1 aromatic carbocycles. The lowest BCUT2D eigenvalue weighted by Crippen LogP contribution is -1.86. The number of nitrogens with zero attached hydrogens (tertiary/aromatic N) is 2. The van der Waals surface area contributed by atoms with Gasteiger partial charge in [0.05, 0.1) is 9.95 Å². The normalized spacial score (nSPS) is 9.42. The zero-order chi connectivity index (χ0) is 9.14. The number of hydrogen-bond donors (Lipinski definition) is 1. The first-order chi connectivity index (χ1) is 5.65. The van der Waals surface area contributed by atoms with Crippen molar-refractivity contribution in [3.05, 3.63) is 33.3 Å². The Bertz CT molecular complexity index is 340. The largest absolute Gasteiger partial charge is 0.271 e. The highest BCUT2D eigenvalue weighted by atomic mass is 35.5. The number of benzene rings is 1. The smallest absolute Gasteiger partial charge is 0.258 e. The van der Waals surface area contributed by atoms with Crippen molar-refractivity contribution in [3.8, 4) is 0 Å². The third kappa shape index (κ3) is 1.57. The first-order valence-electron chi connectivity index (χ1n) is 2.96. The van der Waals surface area contributed by atoms with E-state index in [2.05, 4.69) is 5.11 Å². The highest BCUT2D eigenvalue weighted by Crippen LogP contribution is 2.28. The Kier molecular flexibility index (Phi) is 2.35. The van der Waals surface area contributed by atoms with Crippen molar-refractivity contribution in [2.45, 2.75) is 0 Å². The number of rotatable bonds is 2. The molecule has 0 radical (unpaired) electrons. The minimum atomic E-state index is -0.556. The van der Waals surface area contributed by atoms with Crippen LogP contribution in [-0.2, 0) is 0 Å². The second-order valence-electron chi connectivity index (χ2n) is 2.00. The number of halogens is 1. The van der Waals surface area contributed by atoms with E-state index in [1.807, 2.05) is 0 Å². The molecule has 6 heteroatoms. The van der Waals surface area contributed by atoms with Crippen LogP contribution in [-0.4, -0.2) is 4.92 Å². The monoisotopic (exact) mass is 185 g/mol. The van der Waals surface area contributed by atoms with Gasteiger partial charge in [-0.1, -0.05) is 11.6 Å². The molecule has 0 spiro atoms. The SMILES string of the molecule is N=Nc1ccc([N+](=O)[O-])cc1Cl. The van der Waals surface area contributed by atoms with Gasteiger partial charge in [-0.2, -0.15) is 5.11 Å².